The SMILES string of the molecule is Cn1cc(CCNCc2cccc(F)c2F)cn1. The highest BCUT2D eigenvalue weighted by Gasteiger charge is 2.06. The Morgan fingerprint density at radius 2 is 2.17 bits per heavy atom. The molecule has 1 aromatic heterocycles. The monoisotopic (exact) mass is 251 g/mol. The van der Waals surface area contributed by atoms with Crippen molar-refractivity contribution in [2.75, 3.05) is 6.54 Å². The van der Waals surface area contributed by atoms with Crippen molar-refractivity contribution < 1.29 is 8.78 Å². The Bertz CT molecular complexity index is 523. The lowest BCUT2D eigenvalue weighted by atomic mass is 10.2. The molecule has 0 fully saturated rings. The fraction of sp³-hybridized carbons (Fsp3) is 0.308. The molecule has 0 bridgehead atoms. The minimum absolute atomic E-state index is 0.323. The molecule has 3 nitrogen and oxygen atoms in total. The van der Waals surface area contributed by atoms with E-state index in [1.807, 2.05) is 13.2 Å². The van der Waals surface area contributed by atoms with Gasteiger partial charge in [0.05, 0.1) is 6.20 Å². The molecule has 0 saturated heterocycles. The normalized spacial score (nSPS) is 10.8. The lowest BCUT2D eigenvalue weighted by Gasteiger charge is -2.05. The molecule has 0 aliphatic carbocycles. The summed E-state index contributed by atoms with van der Waals surface area (Å²) in [4.78, 5) is 0. The molecule has 5 heteroatoms. The number of halogens is 2. The van der Waals surface area contributed by atoms with Crippen molar-refractivity contribution in [3.8, 4) is 0 Å². The average molecular weight is 251 g/mol. The van der Waals surface area contributed by atoms with Gasteiger partial charge in [-0.3, -0.25) is 4.68 Å². The molecule has 0 spiro atoms. The number of hydrogen-bond donors (Lipinski definition) is 1. The van der Waals surface area contributed by atoms with E-state index in [4.69, 9.17) is 0 Å². The van der Waals surface area contributed by atoms with E-state index in [0.717, 1.165) is 18.1 Å². The lowest BCUT2D eigenvalue weighted by molar-refractivity contribution is 0.493. The summed E-state index contributed by atoms with van der Waals surface area (Å²) in [6.07, 6.45) is 4.54. The predicted molar refractivity (Wildman–Crippen MR) is 65.0 cm³/mol. The van der Waals surface area contributed by atoms with Crippen LogP contribution in [-0.2, 0) is 20.0 Å². The maximum Gasteiger partial charge on any atom is 0.163 e. The van der Waals surface area contributed by atoms with Crippen LogP contribution in [-0.4, -0.2) is 16.3 Å². The van der Waals surface area contributed by atoms with E-state index in [0.29, 0.717) is 18.7 Å². The third-order valence-corrected chi connectivity index (χ3v) is 2.70. The fourth-order valence-electron chi connectivity index (χ4n) is 1.74. The van der Waals surface area contributed by atoms with Crippen LogP contribution in [0.15, 0.2) is 30.6 Å². The molecular weight excluding hydrogens is 236 g/mol. The fourth-order valence-corrected chi connectivity index (χ4v) is 1.74. The lowest BCUT2D eigenvalue weighted by Crippen LogP contribution is -2.17. The zero-order valence-electron chi connectivity index (χ0n) is 10.2. The Hall–Kier alpha value is -1.75. The Morgan fingerprint density at radius 1 is 1.33 bits per heavy atom. The molecular formula is C13H15F2N3. The van der Waals surface area contributed by atoms with Crippen LogP contribution in [0, 0.1) is 11.6 Å². The van der Waals surface area contributed by atoms with Gasteiger partial charge in [-0.15, -0.1) is 0 Å². The first-order chi connectivity index (χ1) is 8.66. The summed E-state index contributed by atoms with van der Waals surface area (Å²) in [7, 11) is 1.86. The van der Waals surface area contributed by atoms with E-state index in [2.05, 4.69) is 10.4 Å². The van der Waals surface area contributed by atoms with E-state index in [-0.39, 0.29) is 0 Å². The molecule has 2 aromatic rings. The molecule has 0 aliphatic rings. The Labute approximate surface area is 104 Å². The Balaban J connectivity index is 1.80. The molecule has 0 unspecified atom stereocenters. The molecule has 1 aromatic carbocycles. The van der Waals surface area contributed by atoms with Crippen LogP contribution in [0.4, 0.5) is 8.78 Å². The van der Waals surface area contributed by atoms with Crippen LogP contribution < -0.4 is 5.32 Å². The molecule has 0 aliphatic heterocycles. The van der Waals surface area contributed by atoms with Gasteiger partial charge in [0.25, 0.3) is 0 Å². The van der Waals surface area contributed by atoms with Gasteiger partial charge in [-0.1, -0.05) is 12.1 Å². The highest BCUT2D eigenvalue weighted by molar-refractivity contribution is 5.18. The van der Waals surface area contributed by atoms with E-state index in [9.17, 15) is 8.78 Å². The molecule has 0 radical (unpaired) electrons. The molecule has 0 saturated carbocycles. The van der Waals surface area contributed by atoms with E-state index < -0.39 is 11.6 Å². The zero-order valence-corrected chi connectivity index (χ0v) is 10.2. The van der Waals surface area contributed by atoms with Crippen molar-refractivity contribution in [3.05, 3.63) is 53.4 Å². The van der Waals surface area contributed by atoms with Gasteiger partial charge in [0.1, 0.15) is 0 Å². The summed E-state index contributed by atoms with van der Waals surface area (Å²) in [5, 5.41) is 7.14. The number of rotatable bonds is 5. The van der Waals surface area contributed by atoms with Gasteiger partial charge in [0.2, 0.25) is 0 Å². The quantitative estimate of drug-likeness (QED) is 0.824. The average Bonchev–Trinajstić information content (AvgIpc) is 2.76. The number of benzene rings is 1. The standard InChI is InChI=1S/C13H15F2N3/c1-18-9-10(7-17-18)5-6-16-8-11-3-2-4-12(14)13(11)15/h2-4,7,9,16H,5-6,8H2,1H3. The summed E-state index contributed by atoms with van der Waals surface area (Å²) in [6.45, 7) is 1.02. The van der Waals surface area contributed by atoms with Crippen LogP contribution >= 0.6 is 0 Å². The first kappa shape index (κ1) is 12.7. The number of hydrogen-bond acceptors (Lipinski definition) is 2. The van der Waals surface area contributed by atoms with Crippen molar-refractivity contribution in [2.24, 2.45) is 7.05 Å². The Kier molecular flexibility index (Phi) is 4.04. The molecule has 0 atom stereocenters. The number of aromatic nitrogens is 2. The van der Waals surface area contributed by atoms with Crippen molar-refractivity contribution in [3.63, 3.8) is 0 Å². The molecule has 18 heavy (non-hydrogen) atoms. The predicted octanol–water partition coefficient (Wildman–Crippen LogP) is 2.03. The minimum Gasteiger partial charge on any atom is -0.312 e. The summed E-state index contributed by atoms with van der Waals surface area (Å²) in [5.41, 5.74) is 1.46. The van der Waals surface area contributed by atoms with Gasteiger partial charge in [-0.25, -0.2) is 8.78 Å². The third kappa shape index (κ3) is 3.13. The maximum atomic E-state index is 13.3. The second-order valence-electron chi connectivity index (χ2n) is 4.16. The first-order valence-electron chi connectivity index (χ1n) is 5.78. The zero-order chi connectivity index (χ0) is 13.0. The van der Waals surface area contributed by atoms with Crippen molar-refractivity contribution >= 4 is 0 Å². The van der Waals surface area contributed by atoms with Crippen LogP contribution in [0.2, 0.25) is 0 Å². The highest BCUT2D eigenvalue weighted by Crippen LogP contribution is 2.10. The van der Waals surface area contributed by atoms with E-state index in [1.165, 1.54) is 6.07 Å². The molecule has 1 N–H and O–H groups in total. The maximum absolute atomic E-state index is 13.3. The second-order valence-corrected chi connectivity index (χ2v) is 4.16. The number of nitrogens with one attached hydrogen (secondary N) is 1. The number of nitrogens with zero attached hydrogens (tertiary/aromatic N) is 2. The Morgan fingerprint density at radius 3 is 2.89 bits per heavy atom. The van der Waals surface area contributed by atoms with Gasteiger partial charge < -0.3 is 5.32 Å². The first-order valence-corrected chi connectivity index (χ1v) is 5.78. The van der Waals surface area contributed by atoms with Crippen LogP contribution in [0.5, 0.6) is 0 Å². The van der Waals surface area contributed by atoms with Crippen LogP contribution in [0.25, 0.3) is 0 Å². The smallest absolute Gasteiger partial charge is 0.163 e. The minimum atomic E-state index is -0.804. The van der Waals surface area contributed by atoms with Crippen molar-refractivity contribution in [1.29, 1.82) is 0 Å². The van der Waals surface area contributed by atoms with Crippen LogP contribution in [0.3, 0.4) is 0 Å². The van der Waals surface area contributed by atoms with Gasteiger partial charge in [-0.05, 0) is 24.6 Å². The summed E-state index contributed by atoms with van der Waals surface area (Å²) in [5.74, 6) is -1.58. The van der Waals surface area contributed by atoms with Gasteiger partial charge in [0.15, 0.2) is 11.6 Å². The third-order valence-electron chi connectivity index (χ3n) is 2.70. The summed E-state index contributed by atoms with van der Waals surface area (Å²) in [6, 6.07) is 4.21. The van der Waals surface area contributed by atoms with Gasteiger partial charge in [0, 0.05) is 25.4 Å². The molecule has 96 valence electrons. The molecule has 1 heterocycles. The van der Waals surface area contributed by atoms with Gasteiger partial charge >= 0.3 is 0 Å². The van der Waals surface area contributed by atoms with E-state index in [1.54, 1.807) is 16.9 Å². The van der Waals surface area contributed by atoms with Crippen molar-refractivity contribution in [1.82, 2.24) is 15.1 Å². The largest absolute Gasteiger partial charge is 0.312 e. The summed E-state index contributed by atoms with van der Waals surface area (Å²) >= 11 is 0. The van der Waals surface area contributed by atoms with Crippen molar-refractivity contribution in [2.45, 2.75) is 13.0 Å². The molecule has 2 rings (SSSR count). The summed E-state index contributed by atoms with van der Waals surface area (Å²) < 4.78 is 28.0. The van der Waals surface area contributed by atoms with Gasteiger partial charge in [-0.2, -0.15) is 5.10 Å². The topological polar surface area (TPSA) is 29.9 Å². The second kappa shape index (κ2) is 5.73. The number of aryl methyl sites for hydroxylation is 1. The van der Waals surface area contributed by atoms with Crippen LogP contribution in [0.1, 0.15) is 11.1 Å². The molecule has 0 amide bonds. The van der Waals surface area contributed by atoms with E-state index >= 15 is 0 Å². The highest BCUT2D eigenvalue weighted by atomic mass is 19.2.